The molecule has 5 rings (SSSR count). The molecule has 1 saturated heterocycles. The number of ether oxygens (including phenoxy) is 1. The molecule has 1 aromatic heterocycles. The predicted molar refractivity (Wildman–Crippen MR) is 148 cm³/mol. The summed E-state index contributed by atoms with van der Waals surface area (Å²) in [4.78, 5) is 16.8. The highest BCUT2D eigenvalue weighted by molar-refractivity contribution is 7.21. The third kappa shape index (κ3) is 5.15. The molecule has 0 saturated carbocycles. The van der Waals surface area contributed by atoms with E-state index in [4.69, 9.17) is 16.3 Å². The van der Waals surface area contributed by atoms with Gasteiger partial charge in [-0.1, -0.05) is 30.7 Å². The first kappa shape index (κ1) is 24.8. The zero-order valence-electron chi connectivity index (χ0n) is 20.8. The maximum absolute atomic E-state index is 13.8. The number of halogens is 1. The fraction of sp³-hybridized carbons (Fsp3) is 0.300. The smallest absolute Gasteiger partial charge is 0.207 e. The van der Waals surface area contributed by atoms with Crippen LogP contribution in [0.15, 0.2) is 54.6 Å². The quantitative estimate of drug-likeness (QED) is 0.253. The molecule has 1 unspecified atom stereocenters. The Morgan fingerprint density at radius 3 is 2.50 bits per heavy atom. The topological polar surface area (TPSA) is 49.8 Å². The van der Waals surface area contributed by atoms with Gasteiger partial charge in [-0.3, -0.25) is 4.79 Å². The number of benzene rings is 3. The minimum atomic E-state index is -0.103. The van der Waals surface area contributed by atoms with E-state index >= 15 is 0 Å². The number of carbonyl (C=O) groups excluding carboxylic acids is 1. The number of hydrogen-bond donors (Lipinski definition) is 1. The average molecular weight is 520 g/mol. The van der Waals surface area contributed by atoms with Gasteiger partial charge in [0.05, 0.1) is 0 Å². The molecule has 1 aliphatic heterocycles. The summed E-state index contributed by atoms with van der Waals surface area (Å²) in [6.07, 6.45) is 2.29. The van der Waals surface area contributed by atoms with E-state index in [0.717, 1.165) is 40.1 Å². The first-order valence-electron chi connectivity index (χ1n) is 12.3. The van der Waals surface area contributed by atoms with Crippen LogP contribution in [-0.4, -0.2) is 35.4 Å². The summed E-state index contributed by atoms with van der Waals surface area (Å²) >= 11 is 7.54. The molecule has 186 valence electrons. The first-order valence-corrected chi connectivity index (χ1v) is 13.5. The van der Waals surface area contributed by atoms with Gasteiger partial charge in [-0.2, -0.15) is 0 Å². The van der Waals surface area contributed by atoms with Crippen LogP contribution in [0.25, 0.3) is 10.1 Å². The molecular weight excluding hydrogens is 490 g/mol. The molecule has 0 bridgehead atoms. The van der Waals surface area contributed by atoms with Crippen molar-refractivity contribution in [1.82, 2.24) is 4.90 Å². The van der Waals surface area contributed by atoms with Crippen LogP contribution < -0.4 is 4.74 Å². The van der Waals surface area contributed by atoms with Gasteiger partial charge < -0.3 is 14.7 Å². The van der Waals surface area contributed by atoms with Gasteiger partial charge >= 0.3 is 0 Å². The SMILES string of the molecule is Cc1cc(Cl)cc(C)c1C(=O)c1sc2cc(O)ccc2c1Oc1ccc(CCN2CCC(C)C2)cc1. The van der Waals surface area contributed by atoms with Crippen molar-refractivity contribution < 1.29 is 14.6 Å². The van der Waals surface area contributed by atoms with Crippen molar-refractivity contribution >= 4 is 38.8 Å². The van der Waals surface area contributed by atoms with Crippen molar-refractivity contribution in [2.75, 3.05) is 19.6 Å². The molecule has 2 heterocycles. The zero-order valence-corrected chi connectivity index (χ0v) is 22.4. The van der Waals surface area contributed by atoms with Crippen molar-refractivity contribution in [3.8, 4) is 17.2 Å². The largest absolute Gasteiger partial charge is 0.508 e. The number of phenolic OH excluding ortho intramolecular Hbond substituents is 1. The summed E-state index contributed by atoms with van der Waals surface area (Å²) in [5.74, 6) is 2.05. The Kier molecular flexibility index (Phi) is 7.07. The number of likely N-dealkylation sites (tertiary alicyclic amines) is 1. The molecule has 0 aliphatic carbocycles. The first-order chi connectivity index (χ1) is 17.3. The second-order valence-electron chi connectivity index (χ2n) is 9.87. The maximum Gasteiger partial charge on any atom is 0.207 e. The molecule has 1 N–H and O–H groups in total. The third-order valence-electron chi connectivity index (χ3n) is 6.93. The highest BCUT2D eigenvalue weighted by Gasteiger charge is 2.25. The van der Waals surface area contributed by atoms with Crippen LogP contribution in [-0.2, 0) is 6.42 Å². The monoisotopic (exact) mass is 519 g/mol. The van der Waals surface area contributed by atoms with Gasteiger partial charge in [0, 0.05) is 33.8 Å². The number of fused-ring (bicyclic) bond motifs is 1. The summed E-state index contributed by atoms with van der Waals surface area (Å²) in [5, 5.41) is 11.4. The standard InChI is InChI=1S/C30H30ClNO3S/c1-18-10-12-32(17-18)13-11-21-4-7-24(8-5-21)35-29-25-9-6-23(33)16-26(25)36-30(29)28(34)27-19(2)14-22(31)15-20(27)3/h4-9,14-16,18,33H,10-13,17H2,1-3H3. The van der Waals surface area contributed by atoms with Crippen molar-refractivity contribution in [2.24, 2.45) is 5.92 Å². The van der Waals surface area contributed by atoms with Crippen molar-refractivity contribution in [1.29, 1.82) is 0 Å². The number of thiophene rings is 1. The van der Waals surface area contributed by atoms with Crippen molar-refractivity contribution in [2.45, 2.75) is 33.6 Å². The molecule has 0 amide bonds. The number of ketones is 1. The van der Waals surface area contributed by atoms with Gasteiger partial charge in [-0.25, -0.2) is 0 Å². The highest BCUT2D eigenvalue weighted by atomic mass is 35.5. The maximum atomic E-state index is 13.8. The number of aromatic hydroxyl groups is 1. The average Bonchev–Trinajstić information content (AvgIpc) is 3.40. The van der Waals surface area contributed by atoms with E-state index < -0.39 is 0 Å². The van der Waals surface area contributed by atoms with Gasteiger partial charge in [-0.05, 0) is 98.3 Å². The third-order valence-corrected chi connectivity index (χ3v) is 8.28. The Hall–Kier alpha value is -2.86. The fourth-order valence-corrected chi connectivity index (χ4v) is 6.49. The summed E-state index contributed by atoms with van der Waals surface area (Å²) in [7, 11) is 0. The van der Waals surface area contributed by atoms with Crippen LogP contribution >= 0.6 is 22.9 Å². The lowest BCUT2D eigenvalue weighted by atomic mass is 9.98. The Bertz CT molecular complexity index is 1400. The van der Waals surface area contributed by atoms with Gasteiger partial charge in [0.2, 0.25) is 5.78 Å². The Balaban J connectivity index is 1.44. The summed E-state index contributed by atoms with van der Waals surface area (Å²) in [6.45, 7) is 9.55. The van der Waals surface area contributed by atoms with Gasteiger partial charge in [0.1, 0.15) is 16.4 Å². The van der Waals surface area contributed by atoms with Crippen LogP contribution in [0.1, 0.15) is 45.3 Å². The van der Waals surface area contributed by atoms with Gasteiger partial charge in [-0.15, -0.1) is 11.3 Å². The van der Waals surface area contributed by atoms with Crippen LogP contribution in [0.4, 0.5) is 0 Å². The van der Waals surface area contributed by atoms with Crippen molar-refractivity contribution in [3.63, 3.8) is 0 Å². The van der Waals surface area contributed by atoms with E-state index in [1.165, 1.54) is 36.4 Å². The molecular formula is C30H30ClNO3S. The van der Waals surface area contributed by atoms with Crippen LogP contribution in [0.3, 0.4) is 0 Å². The van der Waals surface area contributed by atoms with E-state index in [-0.39, 0.29) is 11.5 Å². The molecule has 1 atom stereocenters. The number of rotatable bonds is 7. The number of carbonyl (C=O) groups is 1. The number of aryl methyl sites for hydroxylation is 2. The lowest BCUT2D eigenvalue weighted by molar-refractivity contribution is 0.103. The number of hydrogen-bond acceptors (Lipinski definition) is 5. The van der Waals surface area contributed by atoms with Crippen LogP contribution in [0.2, 0.25) is 5.02 Å². The minimum Gasteiger partial charge on any atom is -0.508 e. The molecule has 4 aromatic rings. The molecule has 1 fully saturated rings. The van der Waals surface area contributed by atoms with Crippen LogP contribution in [0, 0.1) is 19.8 Å². The number of nitrogens with zero attached hydrogens (tertiary/aromatic N) is 1. The molecule has 36 heavy (non-hydrogen) atoms. The van der Waals surface area contributed by atoms with E-state index in [9.17, 15) is 9.90 Å². The summed E-state index contributed by atoms with van der Waals surface area (Å²) < 4.78 is 7.17. The molecule has 0 spiro atoms. The van der Waals surface area contributed by atoms with E-state index in [0.29, 0.717) is 27.0 Å². The van der Waals surface area contributed by atoms with E-state index in [1.807, 2.05) is 38.1 Å². The number of phenols is 1. The van der Waals surface area contributed by atoms with Crippen molar-refractivity contribution in [3.05, 3.63) is 86.8 Å². The normalized spacial score (nSPS) is 16.1. The summed E-state index contributed by atoms with van der Waals surface area (Å²) in [6, 6.07) is 16.9. The Morgan fingerprint density at radius 2 is 1.83 bits per heavy atom. The lowest BCUT2D eigenvalue weighted by Crippen LogP contribution is -2.22. The molecule has 6 heteroatoms. The molecule has 4 nitrogen and oxygen atoms in total. The predicted octanol–water partition coefficient (Wildman–Crippen LogP) is 7.78. The Morgan fingerprint density at radius 1 is 1.11 bits per heavy atom. The second-order valence-corrected chi connectivity index (χ2v) is 11.4. The lowest BCUT2D eigenvalue weighted by Gasteiger charge is -2.15. The molecule has 1 aliphatic rings. The highest BCUT2D eigenvalue weighted by Crippen LogP contribution is 2.43. The molecule has 0 radical (unpaired) electrons. The van der Waals surface area contributed by atoms with E-state index in [1.54, 1.807) is 18.2 Å². The minimum absolute atomic E-state index is 0.103. The molecule has 3 aromatic carbocycles. The second kappa shape index (κ2) is 10.3. The Labute approximate surface area is 221 Å². The van der Waals surface area contributed by atoms with E-state index in [2.05, 4.69) is 24.0 Å². The van der Waals surface area contributed by atoms with Gasteiger partial charge in [0.25, 0.3) is 0 Å². The fourth-order valence-electron chi connectivity index (χ4n) is 5.05. The van der Waals surface area contributed by atoms with Gasteiger partial charge in [0.15, 0.2) is 5.75 Å². The summed E-state index contributed by atoms with van der Waals surface area (Å²) in [5.41, 5.74) is 3.55. The van der Waals surface area contributed by atoms with Crippen LogP contribution in [0.5, 0.6) is 17.2 Å². The zero-order chi connectivity index (χ0) is 25.4.